The summed E-state index contributed by atoms with van der Waals surface area (Å²) in [5.41, 5.74) is 10.4. The van der Waals surface area contributed by atoms with E-state index in [0.29, 0.717) is 16.8 Å². The van der Waals surface area contributed by atoms with Gasteiger partial charge in [-0.05, 0) is 70.3 Å². The first-order valence-electron chi connectivity index (χ1n) is 13.5. The molecule has 0 aliphatic carbocycles. The third-order valence-electron chi connectivity index (χ3n) is 7.63. The minimum atomic E-state index is 0.482. The van der Waals surface area contributed by atoms with E-state index in [2.05, 4.69) is 119 Å². The Morgan fingerprint density at radius 3 is 1.83 bits per heavy atom. The number of rotatable bonds is 4. The van der Waals surface area contributed by atoms with E-state index < -0.39 is 0 Å². The molecule has 1 aromatic heterocycles. The van der Waals surface area contributed by atoms with E-state index >= 15 is 0 Å². The lowest BCUT2D eigenvalue weighted by atomic mass is 9.96. The van der Waals surface area contributed by atoms with Gasteiger partial charge in [-0.1, -0.05) is 97.1 Å². The molecule has 0 saturated heterocycles. The maximum Gasteiger partial charge on any atom is 0.196 e. The standard InChI is InChI=1S/C38H23N3/c1-40-35-17-10-15-29(25-39)38(35)28-19-20-37-34(24-28)33-16-8-9-18-36(33)41(37)32-22-30(26-11-4-2-5-12-26)21-31(23-32)27-13-6-3-7-14-27/h2-24H. The van der Waals surface area contributed by atoms with Crippen molar-refractivity contribution in [2.75, 3.05) is 0 Å². The summed E-state index contributed by atoms with van der Waals surface area (Å²) in [6.07, 6.45) is 0. The molecule has 0 bridgehead atoms. The number of para-hydroxylation sites is 1. The van der Waals surface area contributed by atoms with E-state index in [4.69, 9.17) is 6.57 Å². The fraction of sp³-hybridized carbons (Fsp3) is 0. The van der Waals surface area contributed by atoms with Gasteiger partial charge in [0.25, 0.3) is 0 Å². The molecule has 3 heteroatoms. The molecule has 0 spiro atoms. The van der Waals surface area contributed by atoms with E-state index in [0.717, 1.165) is 55.3 Å². The van der Waals surface area contributed by atoms with Crippen molar-refractivity contribution in [1.29, 1.82) is 5.26 Å². The molecule has 0 radical (unpaired) electrons. The van der Waals surface area contributed by atoms with Crippen molar-refractivity contribution < 1.29 is 0 Å². The second-order valence-electron chi connectivity index (χ2n) is 10.0. The first kappa shape index (κ1) is 24.2. The Balaban J connectivity index is 1.52. The summed E-state index contributed by atoms with van der Waals surface area (Å²) in [4.78, 5) is 3.72. The van der Waals surface area contributed by atoms with Crippen molar-refractivity contribution in [3.05, 3.63) is 157 Å². The van der Waals surface area contributed by atoms with Gasteiger partial charge >= 0.3 is 0 Å². The Morgan fingerprint density at radius 1 is 0.537 bits per heavy atom. The van der Waals surface area contributed by atoms with Crippen LogP contribution in [0.5, 0.6) is 0 Å². The molecule has 0 unspecified atom stereocenters. The van der Waals surface area contributed by atoms with Crippen LogP contribution < -0.4 is 0 Å². The highest BCUT2D eigenvalue weighted by Crippen LogP contribution is 2.40. The smallest absolute Gasteiger partial charge is 0.196 e. The Labute approximate surface area is 238 Å². The molecule has 0 atom stereocenters. The molecule has 7 aromatic rings. The van der Waals surface area contributed by atoms with Gasteiger partial charge in [0, 0.05) is 27.6 Å². The fourth-order valence-corrected chi connectivity index (χ4v) is 5.77. The number of fused-ring (bicyclic) bond motifs is 3. The largest absolute Gasteiger partial charge is 0.309 e. The number of hydrogen-bond acceptors (Lipinski definition) is 1. The predicted octanol–water partition coefficient (Wildman–Crippen LogP) is 10.2. The molecule has 1 heterocycles. The van der Waals surface area contributed by atoms with Crippen LogP contribution in [-0.4, -0.2) is 4.57 Å². The predicted molar refractivity (Wildman–Crippen MR) is 168 cm³/mol. The number of benzene rings is 6. The van der Waals surface area contributed by atoms with Gasteiger partial charge in [0.2, 0.25) is 0 Å². The van der Waals surface area contributed by atoms with Crippen molar-refractivity contribution in [1.82, 2.24) is 4.57 Å². The minimum Gasteiger partial charge on any atom is -0.309 e. The monoisotopic (exact) mass is 521 g/mol. The van der Waals surface area contributed by atoms with Gasteiger partial charge in [0.05, 0.1) is 23.7 Å². The normalized spacial score (nSPS) is 10.9. The molecule has 7 rings (SSSR count). The zero-order valence-corrected chi connectivity index (χ0v) is 22.1. The van der Waals surface area contributed by atoms with E-state index in [-0.39, 0.29) is 0 Å². The van der Waals surface area contributed by atoms with Crippen molar-refractivity contribution in [3.63, 3.8) is 0 Å². The fourth-order valence-electron chi connectivity index (χ4n) is 5.77. The summed E-state index contributed by atoms with van der Waals surface area (Å²) in [6, 6.07) is 50.0. The summed E-state index contributed by atoms with van der Waals surface area (Å²) in [6.45, 7) is 7.71. The number of nitrogens with zero attached hydrogens (tertiary/aromatic N) is 3. The van der Waals surface area contributed by atoms with Gasteiger partial charge in [0.15, 0.2) is 5.69 Å². The van der Waals surface area contributed by atoms with Gasteiger partial charge in [-0.25, -0.2) is 4.85 Å². The molecule has 0 N–H and O–H groups in total. The van der Waals surface area contributed by atoms with Gasteiger partial charge in [0.1, 0.15) is 0 Å². The maximum absolute atomic E-state index is 9.82. The average molecular weight is 522 g/mol. The van der Waals surface area contributed by atoms with Crippen molar-refractivity contribution >= 4 is 27.5 Å². The topological polar surface area (TPSA) is 33.1 Å². The van der Waals surface area contributed by atoms with Gasteiger partial charge in [-0.15, -0.1) is 0 Å². The highest BCUT2D eigenvalue weighted by Gasteiger charge is 2.17. The summed E-state index contributed by atoms with van der Waals surface area (Å²) < 4.78 is 2.32. The molecular formula is C38H23N3. The van der Waals surface area contributed by atoms with Crippen molar-refractivity contribution in [2.45, 2.75) is 0 Å². The Kier molecular flexibility index (Phi) is 5.90. The lowest BCUT2D eigenvalue weighted by molar-refractivity contribution is 1.18. The van der Waals surface area contributed by atoms with E-state index in [1.807, 2.05) is 18.2 Å². The molecule has 0 fully saturated rings. The Hall–Kier alpha value is -5.90. The van der Waals surface area contributed by atoms with E-state index in [9.17, 15) is 5.26 Å². The molecule has 0 amide bonds. The highest BCUT2D eigenvalue weighted by atomic mass is 15.0. The number of nitriles is 1. The molecule has 190 valence electrons. The van der Waals surface area contributed by atoms with Crippen LogP contribution in [0.1, 0.15) is 5.56 Å². The molecule has 3 nitrogen and oxygen atoms in total. The zero-order valence-electron chi connectivity index (χ0n) is 22.1. The summed E-state index contributed by atoms with van der Waals surface area (Å²) in [5, 5.41) is 12.0. The number of hydrogen-bond donors (Lipinski definition) is 0. The maximum atomic E-state index is 9.82. The van der Waals surface area contributed by atoms with Crippen LogP contribution in [0.4, 0.5) is 5.69 Å². The molecular weight excluding hydrogens is 498 g/mol. The quantitative estimate of drug-likeness (QED) is 0.212. The second kappa shape index (κ2) is 10.0. The second-order valence-corrected chi connectivity index (χ2v) is 10.0. The first-order valence-corrected chi connectivity index (χ1v) is 13.5. The Morgan fingerprint density at radius 2 is 1.17 bits per heavy atom. The molecule has 6 aromatic carbocycles. The third kappa shape index (κ3) is 4.14. The van der Waals surface area contributed by atoms with Crippen LogP contribution >= 0.6 is 0 Å². The summed E-state index contributed by atoms with van der Waals surface area (Å²) in [7, 11) is 0. The van der Waals surface area contributed by atoms with Crippen molar-refractivity contribution in [2.24, 2.45) is 0 Å². The molecule has 41 heavy (non-hydrogen) atoms. The van der Waals surface area contributed by atoms with E-state index in [1.165, 1.54) is 0 Å². The highest BCUT2D eigenvalue weighted by molar-refractivity contribution is 6.11. The van der Waals surface area contributed by atoms with Gasteiger partial charge in [-0.3, -0.25) is 0 Å². The van der Waals surface area contributed by atoms with E-state index in [1.54, 1.807) is 18.2 Å². The summed E-state index contributed by atoms with van der Waals surface area (Å²) >= 11 is 0. The Bertz CT molecular complexity index is 2070. The van der Waals surface area contributed by atoms with Crippen LogP contribution in [0.3, 0.4) is 0 Å². The first-order chi connectivity index (χ1) is 20.2. The van der Waals surface area contributed by atoms with Crippen LogP contribution in [0.15, 0.2) is 140 Å². The van der Waals surface area contributed by atoms with Crippen LogP contribution in [0, 0.1) is 17.9 Å². The van der Waals surface area contributed by atoms with Crippen LogP contribution in [-0.2, 0) is 0 Å². The average Bonchev–Trinajstić information content (AvgIpc) is 3.38. The SMILES string of the molecule is [C-]#[N+]c1cccc(C#N)c1-c1ccc2c(c1)c1ccccc1n2-c1cc(-c2ccccc2)cc(-c2ccccc2)c1. The molecule has 0 aliphatic heterocycles. The lowest BCUT2D eigenvalue weighted by Crippen LogP contribution is -1.96. The minimum absolute atomic E-state index is 0.482. The number of aromatic nitrogens is 1. The van der Waals surface area contributed by atoms with Gasteiger partial charge in [-0.2, -0.15) is 5.26 Å². The molecule has 0 saturated carbocycles. The van der Waals surface area contributed by atoms with Crippen LogP contribution in [0.2, 0.25) is 0 Å². The molecule has 0 aliphatic rings. The van der Waals surface area contributed by atoms with Crippen molar-refractivity contribution in [3.8, 4) is 45.1 Å². The third-order valence-corrected chi connectivity index (χ3v) is 7.63. The van der Waals surface area contributed by atoms with Gasteiger partial charge < -0.3 is 4.57 Å². The zero-order chi connectivity index (χ0) is 27.8. The van der Waals surface area contributed by atoms with Crippen LogP contribution in [0.25, 0.3) is 65.7 Å². The lowest BCUT2D eigenvalue weighted by Gasteiger charge is -2.14. The summed E-state index contributed by atoms with van der Waals surface area (Å²) in [5.74, 6) is 0.